The van der Waals surface area contributed by atoms with Crippen molar-refractivity contribution in [2.45, 2.75) is 25.7 Å². The lowest BCUT2D eigenvalue weighted by Crippen LogP contribution is -2.30. The molecule has 1 rings (SSSR count). The fourth-order valence-electron chi connectivity index (χ4n) is 2.05. The van der Waals surface area contributed by atoms with E-state index in [9.17, 15) is 13.2 Å². The van der Waals surface area contributed by atoms with Crippen LogP contribution in [0.1, 0.15) is 31.1 Å². The van der Waals surface area contributed by atoms with E-state index < -0.39 is 10.0 Å². The molecule has 130 valence electrons. The largest absolute Gasteiger partial charge is 0.379 e. The summed E-state index contributed by atoms with van der Waals surface area (Å²) in [5.41, 5.74) is 0.378. The van der Waals surface area contributed by atoms with Crippen LogP contribution in [0.5, 0.6) is 0 Å². The van der Waals surface area contributed by atoms with Gasteiger partial charge in [0.1, 0.15) is 0 Å². The fourth-order valence-corrected chi connectivity index (χ4v) is 3.11. The van der Waals surface area contributed by atoms with Crippen molar-refractivity contribution in [3.8, 4) is 0 Å². The third kappa shape index (κ3) is 6.78. The zero-order valence-corrected chi connectivity index (χ0v) is 14.9. The first-order chi connectivity index (χ1) is 10.9. The predicted molar refractivity (Wildman–Crippen MR) is 90.2 cm³/mol. The predicted octanol–water partition coefficient (Wildman–Crippen LogP) is 1.53. The van der Waals surface area contributed by atoms with Crippen molar-refractivity contribution in [3.05, 3.63) is 29.8 Å². The molecule has 1 aromatic rings. The Morgan fingerprint density at radius 1 is 1.22 bits per heavy atom. The van der Waals surface area contributed by atoms with Gasteiger partial charge in [0.2, 0.25) is 10.0 Å². The van der Waals surface area contributed by atoms with Gasteiger partial charge in [-0.1, -0.05) is 26.0 Å². The maximum atomic E-state index is 12.2. The number of carbonyl (C=O) groups is 1. The highest BCUT2D eigenvalue weighted by Crippen LogP contribution is 2.11. The number of hydrogen-bond donors (Lipinski definition) is 1. The van der Waals surface area contributed by atoms with Crippen molar-refractivity contribution in [1.82, 2.24) is 9.62 Å². The SMILES string of the molecule is CCN(CC)CCOCCNS(=O)(=O)c1cccc(C(C)=O)c1. The number of rotatable bonds is 11. The Kier molecular flexibility index (Phi) is 8.40. The summed E-state index contributed by atoms with van der Waals surface area (Å²) in [5.74, 6) is -0.165. The van der Waals surface area contributed by atoms with Crippen LogP contribution in [0.3, 0.4) is 0 Å². The molecule has 0 bridgehead atoms. The minimum atomic E-state index is -3.62. The topological polar surface area (TPSA) is 75.7 Å². The standard InChI is InChI=1S/C16H26N2O4S/c1-4-18(5-2)10-12-22-11-9-17-23(20,21)16-8-6-7-15(13-16)14(3)19/h6-8,13,17H,4-5,9-12H2,1-3H3. The van der Waals surface area contributed by atoms with Gasteiger partial charge in [-0.15, -0.1) is 0 Å². The number of ketones is 1. The Morgan fingerprint density at radius 3 is 2.52 bits per heavy atom. The van der Waals surface area contributed by atoms with E-state index in [-0.39, 0.29) is 17.2 Å². The first-order valence-electron chi connectivity index (χ1n) is 7.81. The average Bonchev–Trinajstić information content (AvgIpc) is 2.54. The van der Waals surface area contributed by atoms with Gasteiger partial charge < -0.3 is 9.64 Å². The second kappa shape index (κ2) is 9.77. The molecule has 0 aliphatic carbocycles. The van der Waals surface area contributed by atoms with Gasteiger partial charge in [0, 0.05) is 18.7 Å². The van der Waals surface area contributed by atoms with Gasteiger partial charge in [-0.05, 0) is 32.1 Å². The van der Waals surface area contributed by atoms with E-state index in [1.54, 1.807) is 12.1 Å². The number of nitrogens with one attached hydrogen (secondary N) is 1. The smallest absolute Gasteiger partial charge is 0.240 e. The lowest BCUT2D eigenvalue weighted by atomic mass is 10.2. The molecule has 1 aromatic carbocycles. The maximum absolute atomic E-state index is 12.2. The van der Waals surface area contributed by atoms with Crippen molar-refractivity contribution < 1.29 is 17.9 Å². The highest BCUT2D eigenvalue weighted by Gasteiger charge is 2.14. The van der Waals surface area contributed by atoms with Gasteiger partial charge in [0.15, 0.2) is 5.78 Å². The highest BCUT2D eigenvalue weighted by atomic mass is 32.2. The molecule has 0 saturated heterocycles. The molecule has 0 heterocycles. The zero-order valence-electron chi connectivity index (χ0n) is 14.0. The summed E-state index contributed by atoms with van der Waals surface area (Å²) in [4.78, 5) is 13.6. The molecule has 0 saturated carbocycles. The number of Topliss-reactive ketones (excluding diaryl/α,β-unsaturated/α-hetero) is 1. The van der Waals surface area contributed by atoms with Crippen LogP contribution in [0.4, 0.5) is 0 Å². The van der Waals surface area contributed by atoms with Crippen LogP contribution in [-0.4, -0.2) is 58.5 Å². The number of ether oxygens (including phenoxy) is 1. The summed E-state index contributed by atoms with van der Waals surface area (Å²) in [6.07, 6.45) is 0. The third-order valence-corrected chi connectivity index (χ3v) is 4.99. The maximum Gasteiger partial charge on any atom is 0.240 e. The molecule has 7 heteroatoms. The number of carbonyl (C=O) groups excluding carboxylic acids is 1. The van der Waals surface area contributed by atoms with E-state index in [4.69, 9.17) is 4.74 Å². The number of nitrogens with zero attached hydrogens (tertiary/aromatic N) is 1. The van der Waals surface area contributed by atoms with Gasteiger partial charge in [0.05, 0.1) is 18.1 Å². The number of likely N-dealkylation sites (N-methyl/N-ethyl adjacent to an activating group) is 1. The van der Waals surface area contributed by atoms with E-state index in [0.29, 0.717) is 18.8 Å². The molecular weight excluding hydrogens is 316 g/mol. The van der Waals surface area contributed by atoms with E-state index in [1.807, 2.05) is 0 Å². The van der Waals surface area contributed by atoms with E-state index >= 15 is 0 Å². The Labute approximate surface area is 138 Å². The molecule has 0 aliphatic rings. The van der Waals surface area contributed by atoms with Crippen molar-refractivity contribution in [2.75, 3.05) is 39.4 Å². The summed E-state index contributed by atoms with van der Waals surface area (Å²) in [7, 11) is -3.62. The van der Waals surface area contributed by atoms with Gasteiger partial charge in [-0.25, -0.2) is 13.1 Å². The minimum Gasteiger partial charge on any atom is -0.379 e. The van der Waals surface area contributed by atoms with E-state index in [2.05, 4.69) is 23.5 Å². The van der Waals surface area contributed by atoms with Crippen LogP contribution < -0.4 is 4.72 Å². The minimum absolute atomic E-state index is 0.0911. The number of sulfonamides is 1. The van der Waals surface area contributed by atoms with E-state index in [0.717, 1.165) is 19.6 Å². The molecule has 0 aliphatic heterocycles. The Bertz CT molecular complexity index is 598. The summed E-state index contributed by atoms with van der Waals surface area (Å²) in [5, 5.41) is 0. The molecule has 1 N–H and O–H groups in total. The molecule has 0 spiro atoms. The van der Waals surface area contributed by atoms with Gasteiger partial charge in [-0.3, -0.25) is 4.79 Å². The summed E-state index contributed by atoms with van der Waals surface area (Å²) >= 11 is 0. The van der Waals surface area contributed by atoms with Crippen LogP contribution in [0.25, 0.3) is 0 Å². The van der Waals surface area contributed by atoms with Crippen LogP contribution in [-0.2, 0) is 14.8 Å². The number of benzene rings is 1. The van der Waals surface area contributed by atoms with Crippen molar-refractivity contribution >= 4 is 15.8 Å². The molecular formula is C16H26N2O4S. The Morgan fingerprint density at radius 2 is 1.91 bits per heavy atom. The Hall–Kier alpha value is -1.28. The number of hydrogen-bond acceptors (Lipinski definition) is 5. The lowest BCUT2D eigenvalue weighted by molar-refractivity contribution is 0.101. The van der Waals surface area contributed by atoms with Crippen LogP contribution in [0.2, 0.25) is 0 Å². The van der Waals surface area contributed by atoms with Crippen LogP contribution in [0, 0.1) is 0 Å². The third-order valence-electron chi connectivity index (χ3n) is 3.54. The van der Waals surface area contributed by atoms with Crippen molar-refractivity contribution in [1.29, 1.82) is 0 Å². The molecule has 0 unspecified atom stereocenters. The summed E-state index contributed by atoms with van der Waals surface area (Å²) in [6, 6.07) is 6.01. The van der Waals surface area contributed by atoms with Gasteiger partial charge in [-0.2, -0.15) is 0 Å². The lowest BCUT2D eigenvalue weighted by Gasteiger charge is -2.17. The quantitative estimate of drug-likeness (QED) is 0.487. The zero-order chi connectivity index (χ0) is 17.3. The molecule has 0 radical (unpaired) electrons. The second-order valence-corrected chi connectivity index (χ2v) is 6.89. The molecule has 0 amide bonds. The first-order valence-corrected chi connectivity index (χ1v) is 9.29. The summed E-state index contributed by atoms with van der Waals surface area (Å²) in [6.45, 7) is 9.45. The van der Waals surface area contributed by atoms with Gasteiger partial charge >= 0.3 is 0 Å². The molecule has 0 fully saturated rings. The first kappa shape index (κ1) is 19.8. The second-order valence-electron chi connectivity index (χ2n) is 5.12. The average molecular weight is 342 g/mol. The van der Waals surface area contributed by atoms with Crippen LogP contribution >= 0.6 is 0 Å². The normalized spacial score (nSPS) is 11.8. The summed E-state index contributed by atoms with van der Waals surface area (Å²) < 4.78 is 32.2. The van der Waals surface area contributed by atoms with E-state index in [1.165, 1.54) is 19.1 Å². The molecule has 0 atom stereocenters. The Balaban J connectivity index is 2.42. The molecule has 23 heavy (non-hydrogen) atoms. The molecule has 6 nitrogen and oxygen atoms in total. The highest BCUT2D eigenvalue weighted by molar-refractivity contribution is 7.89. The molecule has 0 aromatic heterocycles. The monoisotopic (exact) mass is 342 g/mol. The van der Waals surface area contributed by atoms with Gasteiger partial charge in [0.25, 0.3) is 0 Å². The fraction of sp³-hybridized carbons (Fsp3) is 0.562. The van der Waals surface area contributed by atoms with Crippen molar-refractivity contribution in [3.63, 3.8) is 0 Å². The van der Waals surface area contributed by atoms with Crippen molar-refractivity contribution in [2.24, 2.45) is 0 Å². The van der Waals surface area contributed by atoms with Crippen LogP contribution in [0.15, 0.2) is 29.2 Å².